The Morgan fingerprint density at radius 3 is 2.60 bits per heavy atom. The fourth-order valence-electron chi connectivity index (χ4n) is 5.28. The molecule has 0 aliphatic heterocycles. The SMILES string of the molecule is CCC(CN)CC1CC1C1C23CC12C3C. The topological polar surface area (TPSA) is 26.0 Å². The van der Waals surface area contributed by atoms with Crippen molar-refractivity contribution in [2.24, 2.45) is 46.2 Å². The third-order valence-corrected chi connectivity index (χ3v) is 6.77. The Kier molecular flexibility index (Phi) is 1.38. The van der Waals surface area contributed by atoms with Crippen molar-refractivity contribution in [1.29, 1.82) is 0 Å². The number of hydrogen-bond acceptors (Lipinski definition) is 1. The lowest BCUT2D eigenvalue weighted by atomic mass is 9.76. The van der Waals surface area contributed by atoms with E-state index in [1.807, 2.05) is 0 Å². The van der Waals surface area contributed by atoms with E-state index in [-0.39, 0.29) is 0 Å². The van der Waals surface area contributed by atoms with Crippen LogP contribution in [0.5, 0.6) is 0 Å². The third kappa shape index (κ3) is 0.769. The molecule has 0 aromatic carbocycles. The summed E-state index contributed by atoms with van der Waals surface area (Å²) in [6.07, 6.45) is 5.90. The van der Waals surface area contributed by atoms with Crippen molar-refractivity contribution in [3.05, 3.63) is 0 Å². The number of hydrogen-bond donors (Lipinski definition) is 1. The molecule has 0 bridgehead atoms. The summed E-state index contributed by atoms with van der Waals surface area (Å²) >= 11 is 0. The van der Waals surface area contributed by atoms with Gasteiger partial charge in [-0.05, 0) is 66.2 Å². The Bertz CT molecular complexity index is 305. The van der Waals surface area contributed by atoms with Crippen LogP contribution in [-0.4, -0.2) is 6.54 Å². The molecule has 15 heavy (non-hydrogen) atoms. The average molecular weight is 205 g/mol. The van der Waals surface area contributed by atoms with E-state index in [4.69, 9.17) is 5.73 Å². The van der Waals surface area contributed by atoms with Gasteiger partial charge in [0.05, 0.1) is 0 Å². The lowest BCUT2D eigenvalue weighted by Crippen LogP contribution is -2.23. The summed E-state index contributed by atoms with van der Waals surface area (Å²) in [7, 11) is 0. The van der Waals surface area contributed by atoms with Gasteiger partial charge < -0.3 is 5.73 Å². The molecule has 5 unspecified atom stereocenters. The van der Waals surface area contributed by atoms with Crippen molar-refractivity contribution in [2.45, 2.75) is 39.5 Å². The highest BCUT2D eigenvalue weighted by molar-refractivity contribution is 5.56. The molecule has 4 fully saturated rings. The van der Waals surface area contributed by atoms with Gasteiger partial charge in [0.15, 0.2) is 0 Å². The molecule has 4 rings (SSSR count). The van der Waals surface area contributed by atoms with Crippen LogP contribution in [0.3, 0.4) is 0 Å². The molecule has 0 amide bonds. The Morgan fingerprint density at radius 1 is 1.40 bits per heavy atom. The molecule has 2 N–H and O–H groups in total. The molecule has 84 valence electrons. The first kappa shape index (κ1) is 9.04. The van der Waals surface area contributed by atoms with Crippen LogP contribution in [0, 0.1) is 40.4 Å². The number of nitrogens with two attached hydrogens (primary N) is 1. The molecule has 0 aromatic rings. The maximum atomic E-state index is 5.79. The summed E-state index contributed by atoms with van der Waals surface area (Å²) in [6.45, 7) is 5.68. The van der Waals surface area contributed by atoms with Gasteiger partial charge in [0.25, 0.3) is 0 Å². The number of rotatable bonds is 5. The molecule has 4 aliphatic rings. The van der Waals surface area contributed by atoms with Crippen LogP contribution in [0.1, 0.15) is 39.5 Å². The highest BCUT2D eigenvalue weighted by Gasteiger charge is 3.10. The van der Waals surface area contributed by atoms with Crippen molar-refractivity contribution in [3.63, 3.8) is 0 Å². The van der Waals surface area contributed by atoms with E-state index in [9.17, 15) is 0 Å². The van der Waals surface area contributed by atoms with Gasteiger partial charge in [0.1, 0.15) is 0 Å². The summed E-state index contributed by atoms with van der Waals surface area (Å²) in [5.41, 5.74) is 7.70. The quantitative estimate of drug-likeness (QED) is 0.733. The predicted molar refractivity (Wildman–Crippen MR) is 61.2 cm³/mol. The Hall–Kier alpha value is -0.0400. The van der Waals surface area contributed by atoms with Gasteiger partial charge in [0.2, 0.25) is 0 Å². The highest BCUT2D eigenvalue weighted by Crippen LogP contribution is 3.14. The van der Waals surface area contributed by atoms with E-state index in [1.165, 1.54) is 18.8 Å². The Morgan fingerprint density at radius 2 is 2.13 bits per heavy atom. The smallest absolute Gasteiger partial charge is 0.00489 e. The van der Waals surface area contributed by atoms with Crippen LogP contribution in [-0.2, 0) is 0 Å². The monoisotopic (exact) mass is 205 g/mol. The first-order valence-corrected chi connectivity index (χ1v) is 6.92. The van der Waals surface area contributed by atoms with Crippen LogP contribution in [0.25, 0.3) is 0 Å². The minimum Gasteiger partial charge on any atom is -0.330 e. The molecule has 0 aromatic heterocycles. The van der Waals surface area contributed by atoms with E-state index >= 15 is 0 Å². The minimum absolute atomic E-state index is 0.818. The summed E-state index contributed by atoms with van der Waals surface area (Å²) in [5.74, 6) is 5.39. The Labute approximate surface area is 92.8 Å². The first-order chi connectivity index (χ1) is 7.22. The molecule has 4 aliphatic carbocycles. The minimum atomic E-state index is 0.818. The molecule has 1 nitrogen and oxygen atoms in total. The van der Waals surface area contributed by atoms with Gasteiger partial charge in [-0.2, -0.15) is 0 Å². The van der Waals surface area contributed by atoms with Gasteiger partial charge in [-0.1, -0.05) is 20.3 Å². The zero-order chi connectivity index (χ0) is 10.4. The van der Waals surface area contributed by atoms with Crippen molar-refractivity contribution in [3.8, 4) is 0 Å². The fourth-order valence-corrected chi connectivity index (χ4v) is 5.28. The van der Waals surface area contributed by atoms with E-state index in [1.54, 1.807) is 12.8 Å². The van der Waals surface area contributed by atoms with Crippen LogP contribution in [0.4, 0.5) is 0 Å². The van der Waals surface area contributed by atoms with E-state index in [0.29, 0.717) is 0 Å². The van der Waals surface area contributed by atoms with E-state index in [2.05, 4.69) is 13.8 Å². The second-order valence-corrected chi connectivity index (χ2v) is 6.86. The first-order valence-electron chi connectivity index (χ1n) is 6.92. The van der Waals surface area contributed by atoms with Crippen molar-refractivity contribution >= 4 is 0 Å². The van der Waals surface area contributed by atoms with Gasteiger partial charge in [-0.3, -0.25) is 0 Å². The second kappa shape index (κ2) is 2.30. The third-order valence-electron chi connectivity index (χ3n) is 6.77. The van der Waals surface area contributed by atoms with Gasteiger partial charge >= 0.3 is 0 Å². The zero-order valence-corrected chi connectivity index (χ0v) is 10.00. The van der Waals surface area contributed by atoms with Crippen LogP contribution in [0.2, 0.25) is 0 Å². The van der Waals surface area contributed by atoms with Crippen molar-refractivity contribution in [1.82, 2.24) is 0 Å². The molecule has 0 saturated heterocycles. The molecule has 1 heteroatoms. The summed E-state index contributed by atoms with van der Waals surface area (Å²) in [5, 5.41) is 0. The molecule has 0 radical (unpaired) electrons. The van der Waals surface area contributed by atoms with Crippen LogP contribution < -0.4 is 5.73 Å². The predicted octanol–water partition coefficient (Wildman–Crippen LogP) is 2.65. The molecule has 0 heterocycles. The fraction of sp³-hybridized carbons (Fsp3) is 1.00. The van der Waals surface area contributed by atoms with E-state index < -0.39 is 0 Å². The molecular formula is C14H23N. The highest BCUT2D eigenvalue weighted by atomic mass is 15.1. The summed E-state index contributed by atoms with van der Waals surface area (Å²) < 4.78 is 0. The molecule has 5 atom stereocenters. The Balaban J connectivity index is 1.31. The lowest BCUT2D eigenvalue weighted by molar-refractivity contribution is 0.196. The maximum absolute atomic E-state index is 5.79. The zero-order valence-electron chi connectivity index (χ0n) is 10.00. The van der Waals surface area contributed by atoms with Gasteiger partial charge in [-0.15, -0.1) is 0 Å². The van der Waals surface area contributed by atoms with Crippen molar-refractivity contribution < 1.29 is 0 Å². The maximum Gasteiger partial charge on any atom is -0.00489 e. The van der Waals surface area contributed by atoms with Crippen LogP contribution in [0.15, 0.2) is 0 Å². The average Bonchev–Trinajstić information content (AvgIpc) is 3.07. The lowest BCUT2D eigenvalue weighted by Gasteiger charge is -2.28. The standard InChI is InChI=1S/C14H23N/c1-3-9(6-15)4-10-5-11(10)12-13-7-14(12,13)8(13)2/h8-12H,3-7,15H2,1-2H3. The van der Waals surface area contributed by atoms with Crippen LogP contribution >= 0.6 is 0 Å². The van der Waals surface area contributed by atoms with Gasteiger partial charge in [0, 0.05) is 0 Å². The summed E-state index contributed by atoms with van der Waals surface area (Å²) in [6, 6.07) is 0. The molecule has 4 saturated carbocycles. The normalized spacial score (nSPS) is 64.2. The van der Waals surface area contributed by atoms with E-state index in [0.717, 1.165) is 41.0 Å². The summed E-state index contributed by atoms with van der Waals surface area (Å²) in [4.78, 5) is 0. The molecular weight excluding hydrogens is 182 g/mol. The van der Waals surface area contributed by atoms with Gasteiger partial charge in [-0.25, -0.2) is 0 Å². The second-order valence-electron chi connectivity index (χ2n) is 6.86. The largest absolute Gasteiger partial charge is 0.330 e. The van der Waals surface area contributed by atoms with Crippen molar-refractivity contribution in [2.75, 3.05) is 6.54 Å². The molecule has 0 spiro atoms.